The van der Waals surface area contributed by atoms with Gasteiger partial charge in [-0.05, 0) is 48.5 Å². The van der Waals surface area contributed by atoms with Crippen LogP contribution in [0, 0.1) is 0 Å². The molecule has 9 heteroatoms. The number of aromatic nitrogens is 3. The van der Waals surface area contributed by atoms with Gasteiger partial charge in [0.25, 0.3) is 0 Å². The van der Waals surface area contributed by atoms with Crippen LogP contribution in [0.2, 0.25) is 10.0 Å². The van der Waals surface area contributed by atoms with Crippen molar-refractivity contribution in [3.05, 3.63) is 70.0 Å². The molecule has 1 aromatic heterocycles. The first-order chi connectivity index (χ1) is 13.9. The molecule has 0 atom stereocenters. The van der Waals surface area contributed by atoms with E-state index in [0.717, 1.165) is 5.69 Å². The normalized spacial score (nSPS) is 10.7. The molecule has 0 fully saturated rings. The number of nitrogens with one attached hydrogen (secondary N) is 1. The highest BCUT2D eigenvalue weighted by atomic mass is 35.5. The van der Waals surface area contributed by atoms with Crippen molar-refractivity contribution in [3.63, 3.8) is 0 Å². The third-order valence-electron chi connectivity index (χ3n) is 4.01. The van der Waals surface area contributed by atoms with Crippen molar-refractivity contribution in [1.29, 1.82) is 0 Å². The Hall–Kier alpha value is -2.35. The summed E-state index contributed by atoms with van der Waals surface area (Å²) in [7, 11) is 0. The molecule has 0 radical (unpaired) electrons. The molecule has 1 amide bonds. The second kappa shape index (κ2) is 9.91. The number of hydrogen-bond donors (Lipinski definition) is 1. The van der Waals surface area contributed by atoms with E-state index in [-0.39, 0.29) is 17.4 Å². The van der Waals surface area contributed by atoms with E-state index >= 15 is 0 Å². The average molecular weight is 449 g/mol. The van der Waals surface area contributed by atoms with E-state index in [1.54, 1.807) is 36.4 Å². The van der Waals surface area contributed by atoms with Crippen LogP contribution in [0.4, 0.5) is 0 Å². The number of halogens is 2. The highest BCUT2D eigenvalue weighted by Gasteiger charge is 2.16. The Morgan fingerprint density at radius 3 is 2.24 bits per heavy atom. The van der Waals surface area contributed by atoms with Gasteiger partial charge in [0.1, 0.15) is 5.82 Å². The molecule has 0 aliphatic heterocycles. The molecule has 29 heavy (non-hydrogen) atoms. The van der Waals surface area contributed by atoms with Gasteiger partial charge in [0.05, 0.1) is 5.75 Å². The predicted octanol–water partition coefficient (Wildman–Crippen LogP) is 4.23. The van der Waals surface area contributed by atoms with Gasteiger partial charge >= 0.3 is 0 Å². The van der Waals surface area contributed by atoms with Crippen molar-refractivity contribution < 1.29 is 9.59 Å². The summed E-state index contributed by atoms with van der Waals surface area (Å²) in [6.07, 6.45) is 0.501. The van der Waals surface area contributed by atoms with Crippen LogP contribution < -0.4 is 5.32 Å². The minimum absolute atomic E-state index is 0.0304. The van der Waals surface area contributed by atoms with Gasteiger partial charge in [0.15, 0.2) is 10.9 Å². The molecule has 0 unspecified atom stereocenters. The van der Waals surface area contributed by atoms with E-state index in [0.29, 0.717) is 39.6 Å². The van der Waals surface area contributed by atoms with Crippen molar-refractivity contribution in [2.45, 2.75) is 18.5 Å². The number of rotatable bonds is 8. The van der Waals surface area contributed by atoms with E-state index < -0.39 is 0 Å². The third kappa shape index (κ3) is 5.82. The molecular formula is C20H18Cl2N4O2S. The minimum atomic E-state index is -0.106. The summed E-state index contributed by atoms with van der Waals surface area (Å²) in [6, 6.07) is 14.1. The molecule has 2 aromatic carbocycles. The fraction of sp³-hybridized carbons (Fsp3) is 0.200. The van der Waals surface area contributed by atoms with Crippen LogP contribution in [-0.4, -0.2) is 38.8 Å². The zero-order valence-electron chi connectivity index (χ0n) is 15.6. The smallest absolute Gasteiger partial charge is 0.216 e. The Morgan fingerprint density at radius 1 is 1.00 bits per heavy atom. The minimum Gasteiger partial charge on any atom is -0.356 e. The lowest BCUT2D eigenvalue weighted by Crippen LogP contribution is -2.23. The molecule has 0 aliphatic rings. The Morgan fingerprint density at radius 2 is 1.62 bits per heavy atom. The van der Waals surface area contributed by atoms with Gasteiger partial charge in [-0.2, -0.15) is 0 Å². The number of Topliss-reactive ketones (excluding diaryl/α,β-unsaturated/α-hetero) is 1. The number of nitrogens with zero attached hydrogens (tertiary/aromatic N) is 3. The molecule has 0 saturated carbocycles. The molecule has 0 saturated heterocycles. The second-order valence-electron chi connectivity index (χ2n) is 6.16. The number of amides is 1. The largest absolute Gasteiger partial charge is 0.356 e. The van der Waals surface area contributed by atoms with Crippen LogP contribution in [0.5, 0.6) is 0 Å². The molecular weight excluding hydrogens is 431 g/mol. The highest BCUT2D eigenvalue weighted by molar-refractivity contribution is 7.99. The molecule has 6 nitrogen and oxygen atoms in total. The van der Waals surface area contributed by atoms with Gasteiger partial charge in [-0.1, -0.05) is 35.0 Å². The SMILES string of the molecule is CC(=O)NCCc1nnc(SCC(=O)c2ccc(Cl)cc2)n1-c1ccc(Cl)cc1. The molecule has 3 rings (SSSR count). The Balaban J connectivity index is 1.80. The lowest BCUT2D eigenvalue weighted by molar-refractivity contribution is -0.118. The van der Waals surface area contributed by atoms with E-state index in [9.17, 15) is 9.59 Å². The topological polar surface area (TPSA) is 76.9 Å². The van der Waals surface area contributed by atoms with Crippen LogP contribution in [0.1, 0.15) is 23.1 Å². The van der Waals surface area contributed by atoms with Crippen LogP contribution >= 0.6 is 35.0 Å². The highest BCUT2D eigenvalue weighted by Crippen LogP contribution is 2.24. The maximum atomic E-state index is 12.5. The van der Waals surface area contributed by atoms with Crippen molar-refractivity contribution in [3.8, 4) is 5.69 Å². The van der Waals surface area contributed by atoms with E-state index in [1.807, 2.05) is 16.7 Å². The maximum Gasteiger partial charge on any atom is 0.216 e. The Labute approximate surface area is 182 Å². The van der Waals surface area contributed by atoms with Crippen molar-refractivity contribution in [1.82, 2.24) is 20.1 Å². The number of ketones is 1. The first kappa shape index (κ1) is 21.4. The summed E-state index contributed by atoms with van der Waals surface area (Å²) in [5.74, 6) is 0.754. The summed E-state index contributed by atoms with van der Waals surface area (Å²) >= 11 is 13.2. The monoisotopic (exact) mass is 448 g/mol. The Bertz CT molecular complexity index is 1000. The van der Waals surface area contributed by atoms with Crippen LogP contribution in [0.25, 0.3) is 5.69 Å². The van der Waals surface area contributed by atoms with Gasteiger partial charge in [0, 0.05) is 41.2 Å². The van der Waals surface area contributed by atoms with Gasteiger partial charge in [0.2, 0.25) is 5.91 Å². The van der Waals surface area contributed by atoms with Gasteiger partial charge in [-0.25, -0.2) is 0 Å². The van der Waals surface area contributed by atoms with Crippen LogP contribution in [0.15, 0.2) is 53.7 Å². The van der Waals surface area contributed by atoms with Crippen LogP contribution in [0.3, 0.4) is 0 Å². The Kier molecular flexibility index (Phi) is 7.30. The number of benzene rings is 2. The van der Waals surface area contributed by atoms with E-state index in [1.165, 1.54) is 18.7 Å². The second-order valence-corrected chi connectivity index (χ2v) is 7.98. The van der Waals surface area contributed by atoms with Crippen LogP contribution in [-0.2, 0) is 11.2 Å². The number of carbonyl (C=O) groups is 2. The van der Waals surface area contributed by atoms with E-state index in [4.69, 9.17) is 23.2 Å². The number of thioether (sulfide) groups is 1. The summed E-state index contributed by atoms with van der Waals surface area (Å²) in [6.45, 7) is 1.91. The third-order valence-corrected chi connectivity index (χ3v) is 5.44. The van der Waals surface area contributed by atoms with Crippen molar-refractivity contribution in [2.24, 2.45) is 0 Å². The summed E-state index contributed by atoms with van der Waals surface area (Å²) in [5.41, 5.74) is 1.42. The molecule has 1 heterocycles. The average Bonchev–Trinajstić information content (AvgIpc) is 3.10. The summed E-state index contributed by atoms with van der Waals surface area (Å²) in [4.78, 5) is 23.6. The lowest BCUT2D eigenvalue weighted by Gasteiger charge is -2.10. The number of carbonyl (C=O) groups excluding carboxylic acids is 2. The van der Waals surface area contributed by atoms with Crippen molar-refractivity contribution >= 4 is 46.7 Å². The molecule has 0 aliphatic carbocycles. The standard InChI is InChI=1S/C20H18Cl2N4O2S/c1-13(27)23-11-10-19-24-25-20(26(19)17-8-6-16(22)7-9-17)29-12-18(28)14-2-4-15(21)5-3-14/h2-9H,10-12H2,1H3,(H,23,27). The molecule has 150 valence electrons. The summed E-state index contributed by atoms with van der Waals surface area (Å²) < 4.78 is 1.87. The van der Waals surface area contributed by atoms with Gasteiger partial charge in [-0.15, -0.1) is 10.2 Å². The first-order valence-electron chi connectivity index (χ1n) is 8.80. The zero-order valence-corrected chi connectivity index (χ0v) is 17.9. The summed E-state index contributed by atoms with van der Waals surface area (Å²) in [5, 5.41) is 13.1. The zero-order chi connectivity index (χ0) is 20.8. The van der Waals surface area contributed by atoms with E-state index in [2.05, 4.69) is 15.5 Å². The van der Waals surface area contributed by atoms with Crippen molar-refractivity contribution in [2.75, 3.05) is 12.3 Å². The molecule has 0 spiro atoms. The molecule has 0 bridgehead atoms. The first-order valence-corrected chi connectivity index (χ1v) is 10.5. The maximum absolute atomic E-state index is 12.5. The predicted molar refractivity (Wildman–Crippen MR) is 115 cm³/mol. The fourth-order valence-corrected chi connectivity index (χ4v) is 3.72. The number of hydrogen-bond acceptors (Lipinski definition) is 5. The molecule has 3 aromatic rings. The van der Waals surface area contributed by atoms with Gasteiger partial charge < -0.3 is 5.32 Å². The lowest BCUT2D eigenvalue weighted by atomic mass is 10.1. The fourth-order valence-electron chi connectivity index (χ4n) is 2.60. The quantitative estimate of drug-likeness (QED) is 0.412. The van der Waals surface area contributed by atoms with Gasteiger partial charge in [-0.3, -0.25) is 14.2 Å². The molecule has 1 N–H and O–H groups in total.